The molecule has 1 aliphatic rings. The van der Waals surface area contributed by atoms with E-state index in [4.69, 9.17) is 4.74 Å². The molecule has 0 aliphatic carbocycles. The number of aryl methyl sites for hydroxylation is 1. The summed E-state index contributed by atoms with van der Waals surface area (Å²) in [5.41, 5.74) is 0.998. The van der Waals surface area contributed by atoms with E-state index in [0.29, 0.717) is 6.61 Å². The van der Waals surface area contributed by atoms with Gasteiger partial charge in [-0.1, -0.05) is 31.5 Å². The number of carbonyl (C=O) groups is 1. The van der Waals surface area contributed by atoms with Gasteiger partial charge in [-0.25, -0.2) is 8.42 Å². The molecule has 1 aliphatic heterocycles. The second-order valence-electron chi connectivity index (χ2n) is 6.15. The lowest BCUT2D eigenvalue weighted by atomic mass is 10.1. The van der Waals surface area contributed by atoms with Gasteiger partial charge in [-0.05, 0) is 31.9 Å². The Labute approximate surface area is 132 Å². The van der Waals surface area contributed by atoms with Crippen molar-refractivity contribution in [3.63, 3.8) is 0 Å². The molecule has 0 radical (unpaired) electrons. The van der Waals surface area contributed by atoms with E-state index in [9.17, 15) is 13.2 Å². The summed E-state index contributed by atoms with van der Waals surface area (Å²) >= 11 is 0. The summed E-state index contributed by atoms with van der Waals surface area (Å²) in [7, 11) is -3.69. The molecule has 0 aromatic heterocycles. The number of hydrogen-bond acceptors (Lipinski definition) is 4. The molecule has 0 spiro atoms. The Morgan fingerprint density at radius 2 is 1.91 bits per heavy atom. The van der Waals surface area contributed by atoms with Crippen LogP contribution in [-0.4, -0.2) is 37.4 Å². The average Bonchev–Trinajstić information content (AvgIpc) is 2.83. The first-order valence-corrected chi connectivity index (χ1v) is 8.88. The summed E-state index contributed by atoms with van der Waals surface area (Å²) in [5, 5.41) is 0. The first-order chi connectivity index (χ1) is 10.2. The van der Waals surface area contributed by atoms with Crippen molar-refractivity contribution < 1.29 is 17.9 Å². The molecule has 0 N–H and O–H groups in total. The van der Waals surface area contributed by atoms with Gasteiger partial charge in [0.25, 0.3) is 0 Å². The van der Waals surface area contributed by atoms with Gasteiger partial charge in [0, 0.05) is 6.42 Å². The van der Waals surface area contributed by atoms with Crippen LogP contribution in [0, 0.1) is 12.8 Å². The van der Waals surface area contributed by atoms with E-state index in [1.165, 1.54) is 11.2 Å². The Morgan fingerprint density at radius 1 is 1.32 bits per heavy atom. The number of Topliss-reactive ketones (excluding diaryl/α,β-unsaturated/α-hetero) is 1. The minimum Gasteiger partial charge on any atom is -0.360 e. The topological polar surface area (TPSA) is 63.7 Å². The summed E-state index contributed by atoms with van der Waals surface area (Å²) in [5.74, 6) is 0.0238. The molecule has 1 aromatic rings. The molecule has 1 heterocycles. The zero-order valence-corrected chi connectivity index (χ0v) is 14.3. The van der Waals surface area contributed by atoms with Gasteiger partial charge in [0.05, 0.1) is 17.5 Å². The quantitative estimate of drug-likeness (QED) is 0.833. The lowest BCUT2D eigenvalue weighted by molar-refractivity contribution is -0.120. The molecule has 22 heavy (non-hydrogen) atoms. The van der Waals surface area contributed by atoms with Crippen molar-refractivity contribution >= 4 is 15.8 Å². The Kier molecular flexibility index (Phi) is 5.04. The van der Waals surface area contributed by atoms with E-state index in [0.717, 1.165) is 5.56 Å². The van der Waals surface area contributed by atoms with Crippen molar-refractivity contribution in [2.75, 3.05) is 6.61 Å². The SMILES string of the molecule is CC(=O)C[C@@H]1OC[C@H](C(C)C)N1S(=O)(=O)c1ccc(C)cc1. The van der Waals surface area contributed by atoms with Crippen molar-refractivity contribution in [2.45, 2.75) is 51.3 Å². The lowest BCUT2D eigenvalue weighted by Crippen LogP contribution is -2.44. The minimum absolute atomic E-state index is 0.0777. The normalized spacial score (nSPS) is 23.1. The molecule has 5 nitrogen and oxygen atoms in total. The van der Waals surface area contributed by atoms with E-state index < -0.39 is 16.3 Å². The van der Waals surface area contributed by atoms with Crippen LogP contribution in [0.1, 0.15) is 32.8 Å². The van der Waals surface area contributed by atoms with Gasteiger partial charge in [-0.15, -0.1) is 0 Å². The van der Waals surface area contributed by atoms with Gasteiger partial charge in [-0.3, -0.25) is 4.79 Å². The average molecular weight is 325 g/mol. The fourth-order valence-corrected chi connectivity index (χ4v) is 4.45. The molecular weight excluding hydrogens is 302 g/mol. The van der Waals surface area contributed by atoms with Gasteiger partial charge in [-0.2, -0.15) is 4.31 Å². The van der Waals surface area contributed by atoms with Gasteiger partial charge >= 0.3 is 0 Å². The molecule has 0 unspecified atom stereocenters. The second kappa shape index (κ2) is 6.48. The first kappa shape index (κ1) is 17.1. The van der Waals surface area contributed by atoms with Crippen molar-refractivity contribution in [1.29, 1.82) is 0 Å². The maximum Gasteiger partial charge on any atom is 0.245 e. The number of ketones is 1. The fourth-order valence-electron chi connectivity index (χ4n) is 2.62. The summed E-state index contributed by atoms with van der Waals surface area (Å²) in [4.78, 5) is 11.7. The van der Waals surface area contributed by atoms with E-state index >= 15 is 0 Å². The highest BCUT2D eigenvalue weighted by molar-refractivity contribution is 7.89. The number of benzene rings is 1. The zero-order chi connectivity index (χ0) is 16.5. The molecule has 2 rings (SSSR count). The molecule has 0 amide bonds. The number of sulfonamides is 1. The van der Waals surface area contributed by atoms with E-state index in [-0.39, 0.29) is 29.1 Å². The van der Waals surface area contributed by atoms with E-state index in [1.54, 1.807) is 24.3 Å². The molecule has 0 bridgehead atoms. The highest BCUT2D eigenvalue weighted by atomic mass is 32.2. The van der Waals surface area contributed by atoms with Crippen LogP contribution in [0.25, 0.3) is 0 Å². The number of carbonyl (C=O) groups excluding carboxylic acids is 1. The maximum atomic E-state index is 13.0. The standard InChI is InChI=1S/C16H23NO4S/c1-11(2)15-10-21-16(9-13(4)18)17(15)22(19,20)14-7-5-12(3)6-8-14/h5-8,11,15-16H,9-10H2,1-4H3/t15-,16+/m1/s1. The van der Waals surface area contributed by atoms with E-state index in [1.807, 2.05) is 20.8 Å². The summed E-state index contributed by atoms with van der Waals surface area (Å²) in [6.07, 6.45) is -0.634. The number of hydrogen-bond donors (Lipinski definition) is 0. The predicted molar refractivity (Wildman–Crippen MR) is 83.9 cm³/mol. The number of rotatable bonds is 5. The monoisotopic (exact) mass is 325 g/mol. The van der Waals surface area contributed by atoms with Gasteiger partial charge in [0.15, 0.2) is 0 Å². The third-order valence-electron chi connectivity index (χ3n) is 3.90. The Hall–Kier alpha value is -1.24. The van der Waals surface area contributed by atoms with Crippen LogP contribution in [0.5, 0.6) is 0 Å². The summed E-state index contributed by atoms with van der Waals surface area (Å²) in [6.45, 7) is 7.60. The van der Waals surface area contributed by atoms with Crippen LogP contribution >= 0.6 is 0 Å². The largest absolute Gasteiger partial charge is 0.360 e. The Balaban J connectivity index is 2.42. The van der Waals surface area contributed by atoms with Crippen LogP contribution in [0.4, 0.5) is 0 Å². The predicted octanol–water partition coefficient (Wildman–Crippen LogP) is 2.35. The second-order valence-corrected chi connectivity index (χ2v) is 8.00. The molecule has 1 fully saturated rings. The van der Waals surface area contributed by atoms with Crippen molar-refractivity contribution in [2.24, 2.45) is 5.92 Å². The van der Waals surface area contributed by atoms with Crippen LogP contribution < -0.4 is 0 Å². The van der Waals surface area contributed by atoms with Gasteiger partial charge in [0.2, 0.25) is 10.0 Å². The third-order valence-corrected chi connectivity index (χ3v) is 5.83. The zero-order valence-electron chi connectivity index (χ0n) is 13.4. The Bertz CT molecular complexity index is 637. The van der Waals surface area contributed by atoms with Crippen LogP contribution in [0.2, 0.25) is 0 Å². The molecule has 6 heteroatoms. The van der Waals surface area contributed by atoms with Crippen molar-refractivity contribution in [1.82, 2.24) is 4.31 Å². The third kappa shape index (κ3) is 3.39. The molecule has 122 valence electrons. The molecule has 1 aromatic carbocycles. The van der Waals surface area contributed by atoms with E-state index in [2.05, 4.69) is 0 Å². The number of nitrogens with zero attached hydrogens (tertiary/aromatic N) is 1. The van der Waals surface area contributed by atoms with Crippen LogP contribution in [0.15, 0.2) is 29.2 Å². The van der Waals surface area contributed by atoms with Gasteiger partial charge < -0.3 is 4.74 Å². The highest BCUT2D eigenvalue weighted by Crippen LogP contribution is 2.31. The van der Waals surface area contributed by atoms with Gasteiger partial charge in [0.1, 0.15) is 12.0 Å². The molecule has 0 saturated carbocycles. The molecule has 1 saturated heterocycles. The Morgan fingerprint density at radius 3 is 2.41 bits per heavy atom. The van der Waals surface area contributed by atoms with Crippen molar-refractivity contribution in [3.8, 4) is 0 Å². The summed E-state index contributed by atoms with van der Waals surface area (Å²) < 4.78 is 33.0. The maximum absolute atomic E-state index is 13.0. The number of ether oxygens (including phenoxy) is 1. The fraction of sp³-hybridized carbons (Fsp3) is 0.562. The highest BCUT2D eigenvalue weighted by Gasteiger charge is 2.44. The smallest absolute Gasteiger partial charge is 0.245 e. The minimum atomic E-state index is -3.69. The van der Waals surface area contributed by atoms with Crippen molar-refractivity contribution in [3.05, 3.63) is 29.8 Å². The first-order valence-electron chi connectivity index (χ1n) is 7.44. The van der Waals surface area contributed by atoms with Crippen LogP contribution in [-0.2, 0) is 19.6 Å². The summed E-state index contributed by atoms with van der Waals surface area (Å²) in [6, 6.07) is 6.49. The molecule has 2 atom stereocenters. The van der Waals surface area contributed by atoms with Crippen LogP contribution in [0.3, 0.4) is 0 Å². The lowest BCUT2D eigenvalue weighted by Gasteiger charge is -2.29. The molecular formula is C16H23NO4S.